The number of ether oxygens (including phenoxy) is 1. The molecule has 2 N–H and O–H groups in total. The number of carboxylic acid groups (broad SMARTS) is 1. The van der Waals surface area contributed by atoms with Gasteiger partial charge in [0.05, 0.1) is 0 Å². The fourth-order valence-corrected chi connectivity index (χ4v) is 11.1. The van der Waals surface area contributed by atoms with Gasteiger partial charge in [-0.2, -0.15) is 0 Å². The maximum absolute atomic E-state index is 14.0. The molecule has 0 spiro atoms. The SMILES string of the molecule is O=C(O)c1c([AsH]S(=O)(=O)c2ccc(F)cc2/C=C\CN2CC[C@H](O)C2)ccc2c1OCc1occc1-2. The molecule has 1 fully saturated rings. The van der Waals surface area contributed by atoms with Gasteiger partial charge in [-0.1, -0.05) is 0 Å². The molecule has 2 atom stereocenters. The van der Waals surface area contributed by atoms with E-state index >= 15 is 0 Å². The molecular weight excluding hydrogens is 552 g/mol. The van der Waals surface area contributed by atoms with E-state index in [2.05, 4.69) is 0 Å². The van der Waals surface area contributed by atoms with Crippen LogP contribution >= 0.6 is 0 Å². The minimum absolute atomic E-state index is 0.0475. The van der Waals surface area contributed by atoms with E-state index in [1.807, 2.05) is 4.90 Å². The van der Waals surface area contributed by atoms with Crippen LogP contribution in [0.5, 0.6) is 5.75 Å². The molecule has 3 aromatic rings. The van der Waals surface area contributed by atoms with Gasteiger partial charge in [-0.25, -0.2) is 0 Å². The summed E-state index contributed by atoms with van der Waals surface area (Å²) >= 11 is -2.07. The molecule has 11 heteroatoms. The Balaban J connectivity index is 1.47. The second-order valence-electron chi connectivity index (χ2n) is 8.61. The molecule has 0 saturated carbocycles. The summed E-state index contributed by atoms with van der Waals surface area (Å²) in [4.78, 5) is 14.2. The molecule has 2 aliphatic heterocycles. The Bertz CT molecular complexity index is 1470. The Morgan fingerprint density at radius 3 is 2.81 bits per heavy atom. The number of nitrogens with zero attached hydrogens (tertiary/aromatic N) is 1. The zero-order chi connectivity index (χ0) is 25.4. The van der Waals surface area contributed by atoms with Crippen LogP contribution in [0, 0.1) is 5.82 Å². The van der Waals surface area contributed by atoms with Gasteiger partial charge in [-0.15, -0.1) is 0 Å². The normalized spacial score (nSPS) is 18.0. The number of aromatic carboxylic acids is 1. The molecule has 0 aliphatic carbocycles. The first kappa shape index (κ1) is 24.8. The number of fused-ring (bicyclic) bond motifs is 3. The number of aliphatic hydroxyl groups excluding tert-OH is 1. The molecule has 188 valence electrons. The summed E-state index contributed by atoms with van der Waals surface area (Å²) in [5.41, 5.74) is 1.28. The van der Waals surface area contributed by atoms with Crippen molar-refractivity contribution in [3.05, 3.63) is 71.4 Å². The van der Waals surface area contributed by atoms with Crippen LogP contribution < -0.4 is 9.09 Å². The molecule has 2 aliphatic rings. The number of aliphatic hydroxyl groups is 1. The van der Waals surface area contributed by atoms with Crippen molar-refractivity contribution in [3.63, 3.8) is 0 Å². The van der Waals surface area contributed by atoms with Crippen molar-refractivity contribution in [3.8, 4) is 16.9 Å². The van der Waals surface area contributed by atoms with Crippen molar-refractivity contribution in [2.75, 3.05) is 19.6 Å². The molecule has 1 saturated heterocycles. The number of halogens is 1. The van der Waals surface area contributed by atoms with Crippen molar-refractivity contribution in [1.29, 1.82) is 0 Å². The van der Waals surface area contributed by atoms with Gasteiger partial charge < -0.3 is 0 Å². The summed E-state index contributed by atoms with van der Waals surface area (Å²) in [5, 5.41) is 19.6. The number of hydrogen-bond donors (Lipinski definition) is 2. The first-order chi connectivity index (χ1) is 17.2. The Morgan fingerprint density at radius 2 is 2.06 bits per heavy atom. The number of β-amino-alcohol motifs (C(OH)–C–C–N with tert-alkyl or cyclic N) is 1. The van der Waals surface area contributed by atoms with E-state index in [9.17, 15) is 27.8 Å². The van der Waals surface area contributed by atoms with E-state index < -0.39 is 34.5 Å². The van der Waals surface area contributed by atoms with Crippen LogP contribution in [0.3, 0.4) is 0 Å². The molecule has 1 unspecified atom stereocenters. The topological polar surface area (TPSA) is 117 Å². The summed E-state index contributed by atoms with van der Waals surface area (Å²) < 4.78 is 52.3. The van der Waals surface area contributed by atoms with Gasteiger partial charge in [0.25, 0.3) is 0 Å². The first-order valence-electron chi connectivity index (χ1n) is 11.2. The number of furan rings is 1. The number of rotatable bonds is 7. The van der Waals surface area contributed by atoms with Gasteiger partial charge in [0.1, 0.15) is 0 Å². The van der Waals surface area contributed by atoms with E-state index in [1.165, 1.54) is 18.4 Å². The summed E-state index contributed by atoms with van der Waals surface area (Å²) in [6.45, 7) is 1.80. The second-order valence-corrected chi connectivity index (χ2v) is 16.1. The quantitative estimate of drug-likeness (QED) is 0.412. The van der Waals surface area contributed by atoms with E-state index in [0.29, 0.717) is 36.4 Å². The molecule has 8 nitrogen and oxygen atoms in total. The Hall–Kier alpha value is -2.91. The number of likely N-dealkylation sites (tertiary alicyclic amines) is 1. The van der Waals surface area contributed by atoms with Crippen LogP contribution in [-0.4, -0.2) is 69.8 Å². The Labute approximate surface area is 212 Å². The van der Waals surface area contributed by atoms with Gasteiger partial charge in [0.15, 0.2) is 0 Å². The van der Waals surface area contributed by atoms with Gasteiger partial charge in [-0.3, -0.25) is 0 Å². The van der Waals surface area contributed by atoms with E-state index in [-0.39, 0.29) is 38.8 Å². The number of carbonyl (C=O) groups is 1. The third-order valence-electron chi connectivity index (χ3n) is 6.17. The monoisotopic (exact) mass is 575 g/mol. The fraction of sp³-hybridized carbons (Fsp3) is 0.240. The average Bonchev–Trinajstić information content (AvgIpc) is 3.47. The minimum atomic E-state index is -3.94. The molecule has 0 bridgehead atoms. The molecule has 3 heterocycles. The Morgan fingerprint density at radius 1 is 1.22 bits per heavy atom. The van der Waals surface area contributed by atoms with Crippen molar-refractivity contribution < 1.29 is 37.0 Å². The third-order valence-corrected chi connectivity index (χ3v) is 12.9. The Kier molecular flexibility index (Phi) is 6.78. The molecular formula is C25H23AsFNO7S. The van der Waals surface area contributed by atoms with Crippen LogP contribution in [0.25, 0.3) is 17.2 Å². The molecule has 2 aromatic carbocycles. The number of hydrogen-bond acceptors (Lipinski definition) is 7. The van der Waals surface area contributed by atoms with Crippen LogP contribution in [-0.2, 0) is 14.7 Å². The summed E-state index contributed by atoms with van der Waals surface area (Å²) in [6, 6.07) is 8.35. The second kappa shape index (κ2) is 9.86. The predicted molar refractivity (Wildman–Crippen MR) is 132 cm³/mol. The van der Waals surface area contributed by atoms with Crippen molar-refractivity contribution >= 4 is 39.1 Å². The summed E-state index contributed by atoms with van der Waals surface area (Å²) in [7, 11) is -3.94. The summed E-state index contributed by atoms with van der Waals surface area (Å²) in [6.07, 6.45) is 5.09. The van der Waals surface area contributed by atoms with E-state index in [0.717, 1.165) is 18.7 Å². The number of benzene rings is 2. The molecule has 5 rings (SSSR count). The maximum atomic E-state index is 14.0. The van der Waals surface area contributed by atoms with Crippen LogP contribution in [0.15, 0.2) is 58.1 Å². The number of carboxylic acids is 1. The van der Waals surface area contributed by atoms with Gasteiger partial charge in [0, 0.05) is 0 Å². The average molecular weight is 575 g/mol. The zero-order valence-corrected chi connectivity index (χ0v) is 21.9. The van der Waals surface area contributed by atoms with Crippen LogP contribution in [0.1, 0.15) is 28.1 Å². The summed E-state index contributed by atoms with van der Waals surface area (Å²) in [5.74, 6) is -1.16. The van der Waals surface area contributed by atoms with Gasteiger partial charge >= 0.3 is 213 Å². The fourth-order valence-electron chi connectivity index (χ4n) is 4.47. The standard InChI is InChI=1S/C25H23AsFNO7S/c27-16-3-6-22(15(12-16)2-1-9-28-10-7-17(29)13-28)36(32,33)26-20-5-4-19-18-8-11-34-21(18)14-35-24(19)23(20)25(30)31/h1-6,8,11-12,17,26,29H,7,9-10,13-14H2,(H,30,31)/b2-1-/t17-/m0/s1. The molecule has 1 aromatic heterocycles. The van der Waals surface area contributed by atoms with E-state index in [1.54, 1.807) is 24.3 Å². The van der Waals surface area contributed by atoms with E-state index in [4.69, 9.17) is 9.15 Å². The van der Waals surface area contributed by atoms with Gasteiger partial charge in [-0.05, 0) is 0 Å². The first-order valence-corrected chi connectivity index (χ1v) is 16.3. The van der Waals surface area contributed by atoms with Gasteiger partial charge in [0.2, 0.25) is 0 Å². The molecule has 36 heavy (non-hydrogen) atoms. The molecule has 0 radical (unpaired) electrons. The van der Waals surface area contributed by atoms with Crippen molar-refractivity contribution in [2.45, 2.75) is 24.0 Å². The van der Waals surface area contributed by atoms with Crippen molar-refractivity contribution in [2.24, 2.45) is 0 Å². The molecule has 0 amide bonds. The van der Waals surface area contributed by atoms with Crippen LogP contribution in [0.4, 0.5) is 4.39 Å². The van der Waals surface area contributed by atoms with Crippen LogP contribution in [0.2, 0.25) is 0 Å². The zero-order valence-electron chi connectivity index (χ0n) is 19.0. The third kappa shape index (κ3) is 4.86. The van der Waals surface area contributed by atoms with Crippen molar-refractivity contribution in [1.82, 2.24) is 4.90 Å². The predicted octanol–water partition coefficient (Wildman–Crippen LogP) is 2.21.